The summed E-state index contributed by atoms with van der Waals surface area (Å²) in [6.07, 6.45) is 0. The molecule has 0 aliphatic rings. The van der Waals surface area contributed by atoms with Crippen molar-refractivity contribution in [3.63, 3.8) is 0 Å². The van der Waals surface area contributed by atoms with Crippen LogP contribution in [0.2, 0.25) is 0 Å². The summed E-state index contributed by atoms with van der Waals surface area (Å²) in [5.74, 6) is -0.534. The predicted molar refractivity (Wildman–Crippen MR) is 205 cm³/mol. The van der Waals surface area contributed by atoms with Crippen LogP contribution in [0.15, 0.2) is 152 Å². The van der Waals surface area contributed by atoms with E-state index in [2.05, 4.69) is 0 Å². The van der Waals surface area contributed by atoms with Gasteiger partial charge in [-0.2, -0.15) is 16.8 Å². The van der Waals surface area contributed by atoms with E-state index < -0.39 is 20.2 Å². The van der Waals surface area contributed by atoms with Crippen LogP contribution in [-0.2, 0) is 20.2 Å². The maximum atomic E-state index is 13.9. The summed E-state index contributed by atoms with van der Waals surface area (Å²) < 4.78 is 79.9. The molecule has 7 aromatic carbocycles. The maximum Gasteiger partial charge on any atom is 0.339 e. The fourth-order valence-corrected chi connectivity index (χ4v) is 8.20. The van der Waals surface area contributed by atoms with Gasteiger partial charge in [-0.1, -0.05) is 96.1 Å². The van der Waals surface area contributed by atoms with Gasteiger partial charge in [-0.25, -0.2) is 9.97 Å². The van der Waals surface area contributed by atoms with Gasteiger partial charge in [-0.05, 0) is 73.2 Å². The second kappa shape index (κ2) is 12.6. The molecule has 2 heterocycles. The zero-order chi connectivity index (χ0) is 37.2. The molecule has 2 aromatic heterocycles. The van der Waals surface area contributed by atoms with Gasteiger partial charge < -0.3 is 17.2 Å². The fraction of sp³-hybridized carbons (Fsp3) is 0.0476. The van der Waals surface area contributed by atoms with E-state index in [1.165, 1.54) is 36.4 Å². The van der Waals surface area contributed by atoms with Gasteiger partial charge >= 0.3 is 20.2 Å². The van der Waals surface area contributed by atoms with Crippen molar-refractivity contribution >= 4 is 64.0 Å². The van der Waals surface area contributed by atoms with Gasteiger partial charge in [0, 0.05) is 10.8 Å². The third-order valence-corrected chi connectivity index (χ3v) is 11.6. The highest BCUT2D eigenvalue weighted by Gasteiger charge is 2.29. The fourth-order valence-electron chi connectivity index (χ4n) is 6.32. The SMILES string of the molecule is Cc1ccc(S(=O)(=O)Oc2cc(-c3nc4ccc5ccccc5c4o3)c(OS(=O)(=O)c3ccc(C)cc3)cc2-c2nc3ccc4ccccc4c3o2)cc1. The van der Waals surface area contributed by atoms with Crippen molar-refractivity contribution in [3.8, 4) is 34.4 Å². The average molecular weight is 753 g/mol. The minimum atomic E-state index is -4.45. The third-order valence-electron chi connectivity index (χ3n) is 9.12. The number of hydrogen-bond donors (Lipinski definition) is 0. The summed E-state index contributed by atoms with van der Waals surface area (Å²) in [5, 5.41) is 3.35. The van der Waals surface area contributed by atoms with Crippen molar-refractivity contribution in [1.29, 1.82) is 0 Å². The maximum absolute atomic E-state index is 13.9. The van der Waals surface area contributed by atoms with Crippen molar-refractivity contribution < 1.29 is 34.0 Å². The molecule has 54 heavy (non-hydrogen) atoms. The number of benzene rings is 7. The van der Waals surface area contributed by atoms with E-state index in [1.54, 1.807) is 36.4 Å². The van der Waals surface area contributed by atoms with E-state index in [-0.39, 0.29) is 44.2 Å². The van der Waals surface area contributed by atoms with Crippen LogP contribution in [0.5, 0.6) is 11.5 Å². The van der Waals surface area contributed by atoms with Gasteiger partial charge in [0.15, 0.2) is 22.7 Å². The molecule has 0 fully saturated rings. The van der Waals surface area contributed by atoms with E-state index in [1.807, 2.05) is 74.5 Å². The highest BCUT2D eigenvalue weighted by Crippen LogP contribution is 2.45. The number of nitrogens with zero attached hydrogens (tertiary/aromatic N) is 2. The number of rotatable bonds is 8. The molecule has 0 atom stereocenters. The lowest BCUT2D eigenvalue weighted by molar-refractivity contribution is 0.476. The van der Waals surface area contributed by atoms with Crippen LogP contribution >= 0.6 is 0 Å². The molecule has 0 spiro atoms. The van der Waals surface area contributed by atoms with Crippen LogP contribution in [0.25, 0.3) is 66.7 Å². The van der Waals surface area contributed by atoms with E-state index in [0.29, 0.717) is 22.2 Å². The smallest absolute Gasteiger partial charge is 0.339 e. The molecule has 0 aliphatic heterocycles. The van der Waals surface area contributed by atoms with E-state index >= 15 is 0 Å². The summed E-state index contributed by atoms with van der Waals surface area (Å²) in [6, 6.07) is 37.5. The zero-order valence-electron chi connectivity index (χ0n) is 28.7. The van der Waals surface area contributed by atoms with Crippen LogP contribution in [-0.4, -0.2) is 26.8 Å². The molecule has 0 aliphatic carbocycles. The van der Waals surface area contributed by atoms with E-state index in [9.17, 15) is 16.8 Å². The molecule has 0 radical (unpaired) electrons. The average Bonchev–Trinajstić information content (AvgIpc) is 3.81. The van der Waals surface area contributed by atoms with Gasteiger partial charge in [-0.3, -0.25) is 0 Å². The normalized spacial score (nSPS) is 12.2. The Kier molecular flexibility index (Phi) is 7.76. The number of oxazole rings is 2. The molecule has 9 aromatic rings. The molecule has 266 valence electrons. The number of aryl methyl sites for hydroxylation is 2. The van der Waals surface area contributed by atoms with E-state index in [4.69, 9.17) is 27.2 Å². The first-order valence-electron chi connectivity index (χ1n) is 16.8. The Bertz CT molecular complexity index is 2940. The Labute approximate surface area is 309 Å². The molecular formula is C42H28N2O8S2. The Balaban J connectivity index is 1.30. The van der Waals surface area contributed by atoms with Crippen LogP contribution in [0.1, 0.15) is 11.1 Å². The predicted octanol–water partition coefficient (Wildman–Crippen LogP) is 9.76. The van der Waals surface area contributed by atoms with Crippen LogP contribution in [0.3, 0.4) is 0 Å². The first-order valence-corrected chi connectivity index (χ1v) is 19.6. The molecule has 0 saturated carbocycles. The summed E-state index contributed by atoms with van der Waals surface area (Å²) >= 11 is 0. The summed E-state index contributed by atoms with van der Waals surface area (Å²) in [5.41, 5.74) is 3.59. The second-order valence-corrected chi connectivity index (χ2v) is 15.9. The lowest BCUT2D eigenvalue weighted by Crippen LogP contribution is -2.12. The quantitative estimate of drug-likeness (QED) is 0.138. The molecule has 0 N–H and O–H groups in total. The Morgan fingerprint density at radius 1 is 0.481 bits per heavy atom. The standard InChI is InChI=1S/C42H28N2O8S2/c1-25-11-17-29(18-12-25)53(45,46)51-37-23-34(42-44-36-22-16-28-8-4-6-10-32(28)40(36)50-42)38(52-54(47,48)30-19-13-26(2)14-20-30)24-33(37)41-43-35-21-15-27-7-3-5-9-31(27)39(35)49-41/h3-24H,1-2H3. The molecule has 12 heteroatoms. The van der Waals surface area contributed by atoms with Gasteiger partial charge in [-0.15, -0.1) is 0 Å². The van der Waals surface area contributed by atoms with Crippen LogP contribution in [0.4, 0.5) is 0 Å². The van der Waals surface area contributed by atoms with Gasteiger partial charge in [0.2, 0.25) is 11.8 Å². The van der Waals surface area contributed by atoms with Gasteiger partial charge in [0.1, 0.15) is 20.8 Å². The number of fused-ring (bicyclic) bond motifs is 6. The first-order chi connectivity index (χ1) is 26.0. The van der Waals surface area contributed by atoms with Crippen molar-refractivity contribution in [3.05, 3.63) is 145 Å². The minimum Gasteiger partial charge on any atom is -0.435 e. The highest BCUT2D eigenvalue weighted by molar-refractivity contribution is 7.87. The largest absolute Gasteiger partial charge is 0.435 e. The van der Waals surface area contributed by atoms with Crippen molar-refractivity contribution in [1.82, 2.24) is 9.97 Å². The highest BCUT2D eigenvalue weighted by atomic mass is 32.2. The number of aromatic nitrogens is 2. The second-order valence-electron chi connectivity index (χ2n) is 12.9. The summed E-state index contributed by atoms with van der Waals surface area (Å²) in [4.78, 5) is 9.20. The molecule has 0 saturated heterocycles. The first kappa shape index (κ1) is 33.3. The molecule has 10 nitrogen and oxygen atoms in total. The molecular weight excluding hydrogens is 725 g/mol. The van der Waals surface area contributed by atoms with Gasteiger partial charge in [0.05, 0.1) is 11.1 Å². The molecule has 0 unspecified atom stereocenters. The van der Waals surface area contributed by atoms with Crippen LogP contribution < -0.4 is 8.37 Å². The van der Waals surface area contributed by atoms with Crippen molar-refractivity contribution in [2.45, 2.75) is 23.6 Å². The minimum absolute atomic E-state index is 0.00499. The molecule has 9 rings (SSSR count). The zero-order valence-corrected chi connectivity index (χ0v) is 30.3. The number of hydrogen-bond acceptors (Lipinski definition) is 10. The Morgan fingerprint density at radius 3 is 1.28 bits per heavy atom. The third kappa shape index (κ3) is 5.91. The Hall–Kier alpha value is -6.50. The summed E-state index contributed by atoms with van der Waals surface area (Å²) in [6.45, 7) is 3.68. The van der Waals surface area contributed by atoms with Crippen LogP contribution in [0, 0.1) is 13.8 Å². The molecule has 0 bridgehead atoms. The Morgan fingerprint density at radius 2 is 0.870 bits per heavy atom. The van der Waals surface area contributed by atoms with Crippen molar-refractivity contribution in [2.75, 3.05) is 0 Å². The lowest BCUT2D eigenvalue weighted by atomic mass is 10.1. The van der Waals surface area contributed by atoms with Crippen molar-refractivity contribution in [2.24, 2.45) is 0 Å². The monoisotopic (exact) mass is 752 g/mol. The topological polar surface area (TPSA) is 139 Å². The van der Waals surface area contributed by atoms with E-state index in [0.717, 1.165) is 32.7 Å². The molecule has 0 amide bonds. The van der Waals surface area contributed by atoms with Gasteiger partial charge in [0.25, 0.3) is 0 Å². The summed E-state index contributed by atoms with van der Waals surface area (Å²) in [7, 11) is -8.90. The lowest BCUT2D eigenvalue weighted by Gasteiger charge is -2.15.